The lowest BCUT2D eigenvalue weighted by Gasteiger charge is -2.16. The summed E-state index contributed by atoms with van der Waals surface area (Å²) in [5.74, 6) is 0. The normalized spacial score (nSPS) is 13.1. The van der Waals surface area contributed by atoms with Crippen LogP contribution in [0.25, 0.3) is 0 Å². The van der Waals surface area contributed by atoms with E-state index in [4.69, 9.17) is 0 Å². The number of thioether (sulfide) groups is 1. The lowest BCUT2D eigenvalue weighted by Crippen LogP contribution is -2.28. The van der Waals surface area contributed by atoms with Gasteiger partial charge < -0.3 is 10.2 Å². The van der Waals surface area contributed by atoms with Gasteiger partial charge in [0.05, 0.1) is 0 Å². The van der Waals surface area contributed by atoms with Gasteiger partial charge in [0.2, 0.25) is 0 Å². The van der Waals surface area contributed by atoms with Crippen LogP contribution >= 0.6 is 11.8 Å². The van der Waals surface area contributed by atoms with Gasteiger partial charge in [-0.05, 0) is 45.0 Å². The molecule has 0 saturated carbocycles. The summed E-state index contributed by atoms with van der Waals surface area (Å²) in [6, 6.07) is 9.21. The second-order valence-electron chi connectivity index (χ2n) is 4.25. The van der Waals surface area contributed by atoms with E-state index in [0.717, 1.165) is 13.1 Å². The SMILES string of the molecule is CSc1ccc(C(C)NCCN(C)C)cc1. The van der Waals surface area contributed by atoms with Gasteiger partial charge in [-0.2, -0.15) is 0 Å². The summed E-state index contributed by atoms with van der Waals surface area (Å²) < 4.78 is 0. The van der Waals surface area contributed by atoms with Gasteiger partial charge in [-0.15, -0.1) is 11.8 Å². The lowest BCUT2D eigenvalue weighted by molar-refractivity contribution is 0.389. The van der Waals surface area contributed by atoms with Crippen LogP contribution in [0.2, 0.25) is 0 Å². The quantitative estimate of drug-likeness (QED) is 0.767. The Balaban J connectivity index is 2.43. The Hall–Kier alpha value is -0.510. The fourth-order valence-electron chi connectivity index (χ4n) is 1.52. The van der Waals surface area contributed by atoms with E-state index in [2.05, 4.69) is 61.8 Å². The standard InChI is InChI=1S/C13H22N2S/c1-11(14-9-10-15(2)3)12-5-7-13(16-4)8-6-12/h5-8,11,14H,9-10H2,1-4H3. The van der Waals surface area contributed by atoms with E-state index in [-0.39, 0.29) is 0 Å². The maximum absolute atomic E-state index is 3.52. The van der Waals surface area contributed by atoms with Crippen LogP contribution < -0.4 is 5.32 Å². The Kier molecular flexibility index (Phi) is 5.88. The molecule has 0 radical (unpaired) electrons. The molecule has 0 aliphatic carbocycles. The molecular formula is C13H22N2S. The molecule has 0 fully saturated rings. The molecule has 0 saturated heterocycles. The van der Waals surface area contributed by atoms with Gasteiger partial charge in [-0.1, -0.05) is 12.1 Å². The average Bonchev–Trinajstić information content (AvgIpc) is 2.28. The Morgan fingerprint density at radius 2 is 1.88 bits per heavy atom. The largest absolute Gasteiger partial charge is 0.309 e. The van der Waals surface area contributed by atoms with Crippen molar-refractivity contribution < 1.29 is 0 Å². The first-order chi connectivity index (χ1) is 7.63. The monoisotopic (exact) mass is 238 g/mol. The molecule has 1 unspecified atom stereocenters. The molecule has 0 amide bonds. The summed E-state index contributed by atoms with van der Waals surface area (Å²) in [7, 11) is 4.19. The third-order valence-electron chi connectivity index (χ3n) is 2.63. The molecule has 0 aliphatic heterocycles. The van der Waals surface area contributed by atoms with Crippen molar-refractivity contribution in [2.45, 2.75) is 17.9 Å². The lowest BCUT2D eigenvalue weighted by atomic mass is 10.1. The van der Waals surface area contributed by atoms with Gasteiger partial charge in [-0.3, -0.25) is 0 Å². The van der Waals surface area contributed by atoms with Crippen molar-refractivity contribution in [2.24, 2.45) is 0 Å². The molecular weight excluding hydrogens is 216 g/mol. The minimum absolute atomic E-state index is 0.427. The molecule has 0 aliphatic rings. The summed E-state index contributed by atoms with van der Waals surface area (Å²) in [5, 5.41) is 3.52. The highest BCUT2D eigenvalue weighted by Crippen LogP contribution is 2.18. The van der Waals surface area contributed by atoms with Crippen molar-refractivity contribution in [1.29, 1.82) is 0 Å². The summed E-state index contributed by atoms with van der Waals surface area (Å²) in [6.45, 7) is 4.31. The van der Waals surface area contributed by atoms with E-state index in [1.54, 1.807) is 11.8 Å². The summed E-state index contributed by atoms with van der Waals surface area (Å²) in [6.07, 6.45) is 2.10. The summed E-state index contributed by atoms with van der Waals surface area (Å²) >= 11 is 1.78. The third-order valence-corrected chi connectivity index (χ3v) is 3.37. The smallest absolute Gasteiger partial charge is 0.0292 e. The van der Waals surface area contributed by atoms with Crippen LogP contribution in [-0.2, 0) is 0 Å². The van der Waals surface area contributed by atoms with Crippen LogP contribution in [0.5, 0.6) is 0 Å². The first kappa shape index (κ1) is 13.6. The van der Waals surface area contributed by atoms with E-state index >= 15 is 0 Å². The predicted molar refractivity (Wildman–Crippen MR) is 73.2 cm³/mol. The highest BCUT2D eigenvalue weighted by Gasteiger charge is 2.04. The number of nitrogens with one attached hydrogen (secondary N) is 1. The molecule has 90 valence electrons. The fraction of sp³-hybridized carbons (Fsp3) is 0.538. The van der Waals surface area contributed by atoms with Crippen LogP contribution in [0.15, 0.2) is 29.2 Å². The van der Waals surface area contributed by atoms with Gasteiger partial charge in [0, 0.05) is 24.0 Å². The third kappa shape index (κ3) is 4.56. The Morgan fingerprint density at radius 3 is 2.38 bits per heavy atom. The first-order valence-corrected chi connectivity index (χ1v) is 6.88. The number of likely N-dealkylation sites (N-methyl/N-ethyl adjacent to an activating group) is 1. The maximum Gasteiger partial charge on any atom is 0.0292 e. The molecule has 1 rings (SSSR count). The molecule has 0 aromatic heterocycles. The van der Waals surface area contributed by atoms with Crippen molar-refractivity contribution >= 4 is 11.8 Å². The zero-order valence-electron chi connectivity index (χ0n) is 10.7. The number of nitrogens with zero attached hydrogens (tertiary/aromatic N) is 1. The predicted octanol–water partition coefficient (Wildman–Crippen LogP) is 2.62. The summed E-state index contributed by atoms with van der Waals surface area (Å²) in [4.78, 5) is 3.51. The van der Waals surface area contributed by atoms with Crippen LogP contribution in [-0.4, -0.2) is 38.3 Å². The highest BCUT2D eigenvalue weighted by molar-refractivity contribution is 7.98. The zero-order valence-corrected chi connectivity index (χ0v) is 11.5. The van der Waals surface area contributed by atoms with Crippen molar-refractivity contribution in [3.05, 3.63) is 29.8 Å². The molecule has 1 aromatic carbocycles. The Morgan fingerprint density at radius 1 is 1.25 bits per heavy atom. The molecule has 0 heterocycles. The van der Waals surface area contributed by atoms with Crippen molar-refractivity contribution in [3.63, 3.8) is 0 Å². The van der Waals surface area contributed by atoms with Crippen LogP contribution in [0.4, 0.5) is 0 Å². The molecule has 2 nitrogen and oxygen atoms in total. The minimum atomic E-state index is 0.427. The second kappa shape index (κ2) is 6.94. The topological polar surface area (TPSA) is 15.3 Å². The maximum atomic E-state index is 3.52. The van der Waals surface area contributed by atoms with Gasteiger partial charge in [0.15, 0.2) is 0 Å². The van der Waals surface area contributed by atoms with E-state index in [0.29, 0.717) is 6.04 Å². The molecule has 3 heteroatoms. The van der Waals surface area contributed by atoms with Gasteiger partial charge in [0.25, 0.3) is 0 Å². The summed E-state index contributed by atoms with van der Waals surface area (Å²) in [5.41, 5.74) is 1.36. The van der Waals surface area contributed by atoms with E-state index in [9.17, 15) is 0 Å². The Labute approximate surface area is 103 Å². The molecule has 16 heavy (non-hydrogen) atoms. The number of hydrogen-bond acceptors (Lipinski definition) is 3. The van der Waals surface area contributed by atoms with Crippen LogP contribution in [0, 0.1) is 0 Å². The van der Waals surface area contributed by atoms with E-state index in [1.165, 1.54) is 10.5 Å². The van der Waals surface area contributed by atoms with Crippen molar-refractivity contribution in [3.8, 4) is 0 Å². The second-order valence-corrected chi connectivity index (χ2v) is 5.13. The molecule has 1 atom stereocenters. The van der Waals surface area contributed by atoms with E-state index in [1.807, 2.05) is 0 Å². The first-order valence-electron chi connectivity index (χ1n) is 5.65. The van der Waals surface area contributed by atoms with Crippen molar-refractivity contribution in [1.82, 2.24) is 10.2 Å². The van der Waals surface area contributed by atoms with E-state index < -0.39 is 0 Å². The van der Waals surface area contributed by atoms with Gasteiger partial charge in [0.1, 0.15) is 0 Å². The van der Waals surface area contributed by atoms with Crippen LogP contribution in [0.3, 0.4) is 0 Å². The number of benzene rings is 1. The van der Waals surface area contributed by atoms with Gasteiger partial charge >= 0.3 is 0 Å². The molecule has 1 aromatic rings. The minimum Gasteiger partial charge on any atom is -0.309 e. The van der Waals surface area contributed by atoms with Crippen molar-refractivity contribution in [2.75, 3.05) is 33.4 Å². The number of hydrogen-bond donors (Lipinski definition) is 1. The average molecular weight is 238 g/mol. The highest BCUT2D eigenvalue weighted by atomic mass is 32.2. The van der Waals surface area contributed by atoms with Crippen LogP contribution in [0.1, 0.15) is 18.5 Å². The number of rotatable bonds is 6. The van der Waals surface area contributed by atoms with Gasteiger partial charge in [-0.25, -0.2) is 0 Å². The Bertz CT molecular complexity index is 295. The fourth-order valence-corrected chi connectivity index (χ4v) is 1.92. The molecule has 0 bridgehead atoms. The molecule has 1 N–H and O–H groups in total. The zero-order chi connectivity index (χ0) is 12.0. The molecule has 0 spiro atoms.